The summed E-state index contributed by atoms with van der Waals surface area (Å²) in [5.74, 6) is 1.62. The van der Waals surface area contributed by atoms with Crippen LogP contribution in [0.15, 0.2) is 24.4 Å². The van der Waals surface area contributed by atoms with Crippen LogP contribution in [0.4, 0.5) is 0 Å². The van der Waals surface area contributed by atoms with Crippen molar-refractivity contribution in [2.75, 3.05) is 27.2 Å². The van der Waals surface area contributed by atoms with Crippen LogP contribution in [0.25, 0.3) is 10.9 Å². The van der Waals surface area contributed by atoms with Crippen LogP contribution in [0.1, 0.15) is 24.3 Å². The first-order valence-corrected chi connectivity index (χ1v) is 6.61. The molecule has 1 aliphatic heterocycles. The van der Waals surface area contributed by atoms with Gasteiger partial charge >= 0.3 is 0 Å². The number of H-pyrrole nitrogens is 1. The fraction of sp³-hybridized carbons (Fsp3) is 0.467. The van der Waals surface area contributed by atoms with Gasteiger partial charge in [-0.15, -0.1) is 0 Å². The number of benzene rings is 1. The van der Waals surface area contributed by atoms with Gasteiger partial charge in [-0.25, -0.2) is 0 Å². The Labute approximate surface area is 108 Å². The minimum absolute atomic E-state index is 0.682. The van der Waals surface area contributed by atoms with Crippen LogP contribution in [-0.4, -0.2) is 37.1 Å². The second-order valence-corrected chi connectivity index (χ2v) is 5.23. The van der Waals surface area contributed by atoms with Crippen LogP contribution in [0, 0.1) is 0 Å². The fourth-order valence-electron chi connectivity index (χ4n) is 2.91. The summed E-state index contributed by atoms with van der Waals surface area (Å²) in [6.45, 7) is 2.39. The zero-order valence-electron chi connectivity index (χ0n) is 11.1. The molecule has 0 saturated carbocycles. The van der Waals surface area contributed by atoms with Crippen molar-refractivity contribution >= 4 is 10.9 Å². The summed E-state index contributed by atoms with van der Waals surface area (Å²) in [5, 5.41) is 1.32. The van der Waals surface area contributed by atoms with Crippen molar-refractivity contribution in [3.8, 4) is 5.75 Å². The molecule has 1 fully saturated rings. The monoisotopic (exact) mass is 244 g/mol. The minimum atomic E-state index is 0.682. The van der Waals surface area contributed by atoms with Crippen LogP contribution >= 0.6 is 0 Å². The van der Waals surface area contributed by atoms with Crippen molar-refractivity contribution in [1.82, 2.24) is 9.88 Å². The smallest absolute Gasteiger partial charge is 0.119 e. The molecule has 0 amide bonds. The number of piperidine rings is 1. The van der Waals surface area contributed by atoms with E-state index < -0.39 is 0 Å². The zero-order valence-corrected chi connectivity index (χ0v) is 11.1. The van der Waals surface area contributed by atoms with Gasteiger partial charge < -0.3 is 14.6 Å². The summed E-state index contributed by atoms with van der Waals surface area (Å²) in [5.41, 5.74) is 2.67. The van der Waals surface area contributed by atoms with E-state index in [1.807, 2.05) is 6.07 Å². The molecule has 0 unspecified atom stereocenters. The molecule has 3 nitrogen and oxygen atoms in total. The van der Waals surface area contributed by atoms with Crippen molar-refractivity contribution in [1.29, 1.82) is 0 Å². The maximum Gasteiger partial charge on any atom is 0.119 e. The van der Waals surface area contributed by atoms with Gasteiger partial charge in [-0.05, 0) is 62.7 Å². The topological polar surface area (TPSA) is 28.3 Å². The predicted octanol–water partition coefficient (Wildman–Crippen LogP) is 2.99. The third kappa shape index (κ3) is 1.99. The molecule has 0 atom stereocenters. The highest BCUT2D eigenvalue weighted by atomic mass is 16.5. The molecule has 0 spiro atoms. The standard InChI is InChI=1S/C15H20N2O/c1-17-7-5-11(6-8-17)14-10-16-15-4-3-12(18-2)9-13(14)15/h3-4,9-11,16H,5-8H2,1-2H3. The summed E-state index contributed by atoms with van der Waals surface area (Å²) in [4.78, 5) is 5.79. The molecule has 0 radical (unpaired) electrons. The Morgan fingerprint density at radius 3 is 2.78 bits per heavy atom. The van der Waals surface area contributed by atoms with Gasteiger partial charge in [0.25, 0.3) is 0 Å². The van der Waals surface area contributed by atoms with E-state index in [9.17, 15) is 0 Å². The van der Waals surface area contributed by atoms with E-state index in [1.165, 1.54) is 42.4 Å². The average molecular weight is 244 g/mol. The Bertz CT molecular complexity index is 538. The van der Waals surface area contributed by atoms with Gasteiger partial charge in [-0.3, -0.25) is 0 Å². The SMILES string of the molecule is COc1ccc2[nH]cc(C3CCN(C)CC3)c2c1. The molecule has 18 heavy (non-hydrogen) atoms. The van der Waals surface area contributed by atoms with E-state index in [1.54, 1.807) is 7.11 Å². The second-order valence-electron chi connectivity index (χ2n) is 5.23. The molecule has 2 aromatic rings. The van der Waals surface area contributed by atoms with Gasteiger partial charge in [-0.1, -0.05) is 0 Å². The largest absolute Gasteiger partial charge is 0.497 e. The number of ether oxygens (including phenoxy) is 1. The summed E-state index contributed by atoms with van der Waals surface area (Å²) >= 11 is 0. The molecular weight excluding hydrogens is 224 g/mol. The molecule has 3 rings (SSSR count). The molecule has 1 saturated heterocycles. The van der Waals surface area contributed by atoms with Gasteiger partial charge in [0, 0.05) is 17.1 Å². The van der Waals surface area contributed by atoms with E-state index in [-0.39, 0.29) is 0 Å². The summed E-state index contributed by atoms with van der Waals surface area (Å²) in [6.07, 6.45) is 4.68. The molecule has 1 N–H and O–H groups in total. The number of aromatic amines is 1. The number of nitrogens with one attached hydrogen (secondary N) is 1. The van der Waals surface area contributed by atoms with E-state index in [0.717, 1.165) is 5.75 Å². The first-order valence-electron chi connectivity index (χ1n) is 6.61. The van der Waals surface area contributed by atoms with E-state index >= 15 is 0 Å². The lowest BCUT2D eigenvalue weighted by atomic mass is 9.89. The molecule has 1 aromatic carbocycles. The molecule has 0 aliphatic carbocycles. The van der Waals surface area contributed by atoms with Gasteiger partial charge in [0.2, 0.25) is 0 Å². The number of likely N-dealkylation sites (tertiary alicyclic amines) is 1. The molecule has 0 bridgehead atoms. The lowest BCUT2D eigenvalue weighted by Gasteiger charge is -2.28. The Hall–Kier alpha value is -1.48. The summed E-state index contributed by atoms with van der Waals surface area (Å²) < 4.78 is 5.33. The third-order valence-corrected chi connectivity index (χ3v) is 4.08. The Morgan fingerprint density at radius 2 is 2.06 bits per heavy atom. The van der Waals surface area contributed by atoms with Crippen LogP contribution < -0.4 is 4.74 Å². The lowest BCUT2D eigenvalue weighted by molar-refractivity contribution is 0.256. The second kappa shape index (κ2) is 4.65. The molecule has 1 aliphatic rings. The van der Waals surface area contributed by atoms with Crippen LogP contribution in [0.3, 0.4) is 0 Å². The van der Waals surface area contributed by atoms with E-state index in [4.69, 9.17) is 4.74 Å². The fourth-order valence-corrected chi connectivity index (χ4v) is 2.91. The van der Waals surface area contributed by atoms with Crippen LogP contribution in [-0.2, 0) is 0 Å². The number of aromatic nitrogens is 1. The van der Waals surface area contributed by atoms with Crippen molar-refractivity contribution in [3.63, 3.8) is 0 Å². The molecule has 1 aromatic heterocycles. The zero-order chi connectivity index (χ0) is 12.5. The van der Waals surface area contributed by atoms with Gasteiger partial charge in [0.15, 0.2) is 0 Å². The summed E-state index contributed by atoms with van der Waals surface area (Å²) in [7, 11) is 3.93. The van der Waals surface area contributed by atoms with Crippen molar-refractivity contribution in [2.24, 2.45) is 0 Å². The highest BCUT2D eigenvalue weighted by Gasteiger charge is 2.21. The average Bonchev–Trinajstić information content (AvgIpc) is 2.82. The van der Waals surface area contributed by atoms with Gasteiger partial charge in [0.1, 0.15) is 5.75 Å². The maximum atomic E-state index is 5.33. The number of methoxy groups -OCH3 is 1. The minimum Gasteiger partial charge on any atom is -0.497 e. The third-order valence-electron chi connectivity index (χ3n) is 4.08. The first kappa shape index (κ1) is 11.6. The Morgan fingerprint density at radius 1 is 1.28 bits per heavy atom. The molecule has 2 heterocycles. The van der Waals surface area contributed by atoms with Crippen molar-refractivity contribution < 1.29 is 4.74 Å². The van der Waals surface area contributed by atoms with Crippen molar-refractivity contribution in [3.05, 3.63) is 30.0 Å². The highest BCUT2D eigenvalue weighted by molar-refractivity contribution is 5.85. The number of hydrogen-bond acceptors (Lipinski definition) is 2. The first-order chi connectivity index (χ1) is 8.78. The number of fused-ring (bicyclic) bond motifs is 1. The van der Waals surface area contributed by atoms with Crippen LogP contribution in [0.2, 0.25) is 0 Å². The lowest BCUT2D eigenvalue weighted by Crippen LogP contribution is -2.29. The molecule has 3 heteroatoms. The normalized spacial score (nSPS) is 18.3. The molecular formula is C15H20N2O. The van der Waals surface area contributed by atoms with E-state index in [2.05, 4.69) is 35.3 Å². The summed E-state index contributed by atoms with van der Waals surface area (Å²) in [6, 6.07) is 6.27. The predicted molar refractivity (Wildman–Crippen MR) is 74.3 cm³/mol. The Kier molecular flexibility index (Phi) is 3.00. The Balaban J connectivity index is 1.96. The number of nitrogens with zero attached hydrogens (tertiary/aromatic N) is 1. The van der Waals surface area contributed by atoms with Crippen molar-refractivity contribution in [2.45, 2.75) is 18.8 Å². The molecule has 96 valence electrons. The van der Waals surface area contributed by atoms with Gasteiger partial charge in [0.05, 0.1) is 7.11 Å². The maximum absolute atomic E-state index is 5.33. The van der Waals surface area contributed by atoms with Crippen LogP contribution in [0.5, 0.6) is 5.75 Å². The quantitative estimate of drug-likeness (QED) is 0.879. The number of rotatable bonds is 2. The number of hydrogen-bond donors (Lipinski definition) is 1. The highest BCUT2D eigenvalue weighted by Crippen LogP contribution is 2.34. The van der Waals surface area contributed by atoms with Gasteiger partial charge in [-0.2, -0.15) is 0 Å². The van der Waals surface area contributed by atoms with E-state index in [0.29, 0.717) is 5.92 Å².